The topological polar surface area (TPSA) is 135 Å². The summed E-state index contributed by atoms with van der Waals surface area (Å²) in [6.45, 7) is 0.445. The van der Waals surface area contributed by atoms with Crippen molar-refractivity contribution in [1.29, 1.82) is 0 Å². The molecule has 3 heterocycles. The van der Waals surface area contributed by atoms with Gasteiger partial charge in [-0.05, 0) is 12.1 Å². The molecule has 2 amide bonds. The Labute approximate surface area is 159 Å². The van der Waals surface area contributed by atoms with Crippen molar-refractivity contribution in [3.63, 3.8) is 0 Å². The molecule has 1 aliphatic heterocycles. The number of primary amides is 1. The number of amides is 2. The van der Waals surface area contributed by atoms with Gasteiger partial charge in [-0.15, -0.1) is 0 Å². The lowest BCUT2D eigenvalue weighted by Crippen LogP contribution is -2.36. The molecule has 0 radical (unpaired) electrons. The summed E-state index contributed by atoms with van der Waals surface area (Å²) < 4.78 is 5.37. The van der Waals surface area contributed by atoms with Gasteiger partial charge < -0.3 is 20.3 Å². The van der Waals surface area contributed by atoms with Crippen LogP contribution in [0.4, 0.5) is 0 Å². The van der Waals surface area contributed by atoms with Crippen LogP contribution >= 0.6 is 0 Å². The number of carbonyl (C=O) groups excluding carboxylic acids is 2. The maximum absolute atomic E-state index is 12.2. The monoisotopic (exact) mass is 379 g/mol. The minimum absolute atomic E-state index is 0.114. The van der Waals surface area contributed by atoms with Gasteiger partial charge in [-0.1, -0.05) is 23.4 Å². The summed E-state index contributed by atoms with van der Waals surface area (Å²) in [7, 11) is 1.63. The number of hydrogen-bond donors (Lipinski definition) is 2. The van der Waals surface area contributed by atoms with Crippen molar-refractivity contribution in [2.75, 3.05) is 13.6 Å². The third-order valence-electron chi connectivity index (χ3n) is 4.76. The van der Waals surface area contributed by atoms with E-state index in [0.717, 1.165) is 0 Å². The smallest absolute Gasteiger partial charge is 0.267 e. The Hall–Kier alpha value is -3.59. The van der Waals surface area contributed by atoms with Crippen LogP contribution in [0, 0.1) is 0 Å². The maximum atomic E-state index is 12.2. The highest BCUT2D eigenvalue weighted by molar-refractivity contribution is 5.91. The lowest BCUT2D eigenvalue weighted by atomic mass is 9.97. The molecule has 3 N–H and O–H groups in total. The molecular formula is C19H17N5O4. The molecule has 1 aromatic carbocycles. The molecule has 0 spiro atoms. The van der Waals surface area contributed by atoms with E-state index in [0.29, 0.717) is 29.3 Å². The highest BCUT2D eigenvalue weighted by Crippen LogP contribution is 2.34. The summed E-state index contributed by atoms with van der Waals surface area (Å²) >= 11 is 0. The van der Waals surface area contributed by atoms with E-state index in [1.807, 2.05) is 0 Å². The van der Waals surface area contributed by atoms with Gasteiger partial charge in [0.25, 0.3) is 11.8 Å². The first-order chi connectivity index (χ1) is 13.4. The third kappa shape index (κ3) is 2.91. The zero-order valence-corrected chi connectivity index (χ0v) is 15.0. The molecule has 1 atom stereocenters. The first kappa shape index (κ1) is 17.8. The zero-order chi connectivity index (χ0) is 19.9. The van der Waals surface area contributed by atoms with E-state index in [1.54, 1.807) is 37.4 Å². The van der Waals surface area contributed by atoms with Crippen molar-refractivity contribution in [2.45, 2.75) is 12.0 Å². The van der Waals surface area contributed by atoms with Gasteiger partial charge in [0.15, 0.2) is 17.2 Å². The molecule has 0 aliphatic carbocycles. The van der Waals surface area contributed by atoms with E-state index < -0.39 is 17.4 Å². The molecule has 0 saturated carbocycles. The Kier molecular flexibility index (Phi) is 4.16. The molecule has 9 heteroatoms. The van der Waals surface area contributed by atoms with E-state index in [9.17, 15) is 14.7 Å². The summed E-state index contributed by atoms with van der Waals surface area (Å²) in [5.41, 5.74) is 5.19. The van der Waals surface area contributed by atoms with Crippen LogP contribution < -0.4 is 5.73 Å². The molecular weight excluding hydrogens is 362 g/mol. The minimum atomic E-state index is -1.67. The highest BCUT2D eigenvalue weighted by Gasteiger charge is 2.47. The first-order valence-corrected chi connectivity index (χ1v) is 8.57. The molecule has 1 aliphatic rings. The Bertz CT molecular complexity index is 1080. The van der Waals surface area contributed by atoms with E-state index in [-0.39, 0.29) is 17.8 Å². The number of likely N-dealkylation sites (tertiary alicyclic amines) is 1. The normalized spacial score (nSPS) is 19.2. The molecule has 1 saturated heterocycles. The average Bonchev–Trinajstić information content (AvgIpc) is 3.31. The lowest BCUT2D eigenvalue weighted by molar-refractivity contribution is -0.143. The Morgan fingerprint density at radius 3 is 2.79 bits per heavy atom. The van der Waals surface area contributed by atoms with Crippen LogP contribution in [0.1, 0.15) is 22.6 Å². The molecule has 2 aromatic heterocycles. The van der Waals surface area contributed by atoms with Crippen LogP contribution in [0.2, 0.25) is 0 Å². The fraction of sp³-hybridized carbons (Fsp3) is 0.211. The summed E-state index contributed by atoms with van der Waals surface area (Å²) in [5.74, 6) is -0.320. The maximum Gasteiger partial charge on any atom is 0.267 e. The lowest BCUT2D eigenvalue weighted by Gasteiger charge is -2.16. The summed E-state index contributed by atoms with van der Waals surface area (Å²) in [5, 5.41) is 14.6. The third-order valence-corrected chi connectivity index (χ3v) is 4.76. The number of nitrogens with zero attached hydrogens (tertiary/aromatic N) is 4. The van der Waals surface area contributed by atoms with Crippen LogP contribution in [0.5, 0.6) is 0 Å². The van der Waals surface area contributed by atoms with Gasteiger partial charge >= 0.3 is 0 Å². The standard InChI is InChI=1S/C19H17N5O4/c1-24-8-6-19(27,18(24)26)15-10-14(28-23-15)11-3-2-4-12(9-11)17-21-7-5-13(22-17)16(20)25/h2-5,7,9-10,27H,6,8H2,1H3,(H2,20,25)/t19-/m1/s1. The molecule has 3 aromatic rings. The second kappa shape index (κ2) is 6.54. The second-order valence-corrected chi connectivity index (χ2v) is 6.62. The number of aromatic nitrogens is 3. The zero-order valence-electron chi connectivity index (χ0n) is 15.0. The van der Waals surface area contributed by atoms with Crippen LogP contribution in [0.3, 0.4) is 0 Å². The van der Waals surface area contributed by atoms with Gasteiger partial charge in [0, 0.05) is 43.4 Å². The van der Waals surface area contributed by atoms with Gasteiger partial charge in [-0.2, -0.15) is 0 Å². The fourth-order valence-electron chi connectivity index (χ4n) is 3.14. The SMILES string of the molecule is CN1CC[C@@](O)(c2cc(-c3cccc(-c4nccc(C(N)=O)n4)c3)on2)C1=O. The van der Waals surface area contributed by atoms with Gasteiger partial charge in [0.05, 0.1) is 0 Å². The second-order valence-electron chi connectivity index (χ2n) is 6.62. The number of likely N-dealkylation sites (N-methyl/N-ethyl adjacent to an activating group) is 1. The van der Waals surface area contributed by atoms with Crippen molar-refractivity contribution in [2.24, 2.45) is 5.73 Å². The molecule has 0 unspecified atom stereocenters. The highest BCUT2D eigenvalue weighted by atomic mass is 16.5. The summed E-state index contributed by atoms with van der Waals surface area (Å²) in [4.78, 5) is 33.4. The summed E-state index contributed by atoms with van der Waals surface area (Å²) in [6, 6.07) is 10.1. The number of aliphatic hydroxyl groups is 1. The van der Waals surface area contributed by atoms with Crippen LogP contribution in [0.25, 0.3) is 22.7 Å². The molecule has 28 heavy (non-hydrogen) atoms. The van der Waals surface area contributed by atoms with E-state index >= 15 is 0 Å². The molecule has 0 bridgehead atoms. The molecule has 9 nitrogen and oxygen atoms in total. The molecule has 142 valence electrons. The first-order valence-electron chi connectivity index (χ1n) is 8.57. The van der Waals surface area contributed by atoms with Crippen LogP contribution in [-0.4, -0.2) is 50.5 Å². The molecule has 4 rings (SSSR count). The van der Waals surface area contributed by atoms with Crippen molar-refractivity contribution in [3.8, 4) is 22.7 Å². The van der Waals surface area contributed by atoms with E-state index in [4.69, 9.17) is 10.3 Å². The van der Waals surface area contributed by atoms with E-state index in [2.05, 4.69) is 15.1 Å². The number of benzene rings is 1. The van der Waals surface area contributed by atoms with Gasteiger partial charge in [-0.25, -0.2) is 9.97 Å². The van der Waals surface area contributed by atoms with Crippen LogP contribution in [-0.2, 0) is 10.4 Å². The van der Waals surface area contributed by atoms with Crippen molar-refractivity contribution < 1.29 is 19.2 Å². The number of carbonyl (C=O) groups is 2. The largest absolute Gasteiger partial charge is 0.374 e. The van der Waals surface area contributed by atoms with Crippen molar-refractivity contribution in [3.05, 3.63) is 54.0 Å². The summed E-state index contributed by atoms with van der Waals surface area (Å²) in [6.07, 6.45) is 1.71. The Morgan fingerprint density at radius 2 is 2.07 bits per heavy atom. The molecule has 1 fully saturated rings. The quantitative estimate of drug-likeness (QED) is 0.689. The predicted octanol–water partition coefficient (Wildman–Crippen LogP) is 0.947. The van der Waals surface area contributed by atoms with Gasteiger partial charge in [-0.3, -0.25) is 9.59 Å². The average molecular weight is 379 g/mol. The minimum Gasteiger partial charge on any atom is -0.374 e. The Morgan fingerprint density at radius 1 is 1.29 bits per heavy atom. The van der Waals surface area contributed by atoms with Gasteiger partial charge in [0.2, 0.25) is 0 Å². The number of rotatable bonds is 4. The fourth-order valence-corrected chi connectivity index (χ4v) is 3.14. The van der Waals surface area contributed by atoms with Crippen LogP contribution in [0.15, 0.2) is 47.1 Å². The number of nitrogens with two attached hydrogens (primary N) is 1. The van der Waals surface area contributed by atoms with Crippen molar-refractivity contribution >= 4 is 11.8 Å². The van der Waals surface area contributed by atoms with Gasteiger partial charge in [0.1, 0.15) is 11.4 Å². The van der Waals surface area contributed by atoms with Crippen molar-refractivity contribution in [1.82, 2.24) is 20.0 Å². The Balaban J connectivity index is 1.68. The predicted molar refractivity (Wildman–Crippen MR) is 97.6 cm³/mol. The number of hydrogen-bond acceptors (Lipinski definition) is 7. The van der Waals surface area contributed by atoms with E-state index in [1.165, 1.54) is 17.2 Å².